The molecule has 5 heteroatoms. The van der Waals surface area contributed by atoms with E-state index in [1.165, 1.54) is 11.5 Å². The number of nitrogens with zero attached hydrogens (tertiary/aromatic N) is 1. The Morgan fingerprint density at radius 2 is 2.05 bits per heavy atom. The predicted molar refractivity (Wildman–Crippen MR) is 79.5 cm³/mol. The molecule has 0 amide bonds. The highest BCUT2D eigenvalue weighted by Crippen LogP contribution is 2.36. The van der Waals surface area contributed by atoms with Gasteiger partial charge in [-0.25, -0.2) is 0 Å². The van der Waals surface area contributed by atoms with Gasteiger partial charge in [-0.3, -0.25) is 0 Å². The molecule has 3 aromatic rings. The van der Waals surface area contributed by atoms with Crippen LogP contribution in [-0.2, 0) is 6.54 Å². The number of hydrogen-bond acceptors (Lipinski definition) is 5. The van der Waals surface area contributed by atoms with Gasteiger partial charge in [0.05, 0.1) is 5.52 Å². The smallest absolute Gasteiger partial charge is 0.231 e. The topological polar surface area (TPSA) is 43.4 Å². The summed E-state index contributed by atoms with van der Waals surface area (Å²) in [5.41, 5.74) is 2.12. The summed E-state index contributed by atoms with van der Waals surface area (Å²) in [4.78, 5) is 0. The van der Waals surface area contributed by atoms with Gasteiger partial charge in [-0.05, 0) is 29.7 Å². The number of benzene rings is 2. The molecular formula is C15H12N2O2S. The molecule has 0 spiro atoms. The van der Waals surface area contributed by atoms with Crippen molar-refractivity contribution < 1.29 is 9.47 Å². The van der Waals surface area contributed by atoms with E-state index in [1.807, 2.05) is 36.4 Å². The molecule has 0 saturated heterocycles. The number of fused-ring (bicyclic) bond motifs is 2. The molecule has 0 aliphatic carbocycles. The molecule has 1 N–H and O–H groups in total. The van der Waals surface area contributed by atoms with E-state index in [0.29, 0.717) is 13.3 Å². The van der Waals surface area contributed by atoms with Gasteiger partial charge in [0, 0.05) is 17.5 Å². The van der Waals surface area contributed by atoms with E-state index in [2.05, 4.69) is 15.8 Å². The average Bonchev–Trinajstić information content (AvgIpc) is 3.12. The standard InChI is InChI=1S/C15H12N2O2S/c1-2-6-12-11(5-1)15(20-17-12)16-8-10-4-3-7-13-14(10)19-9-18-13/h1-7,16H,8-9H2. The fourth-order valence-corrected chi connectivity index (χ4v) is 3.08. The van der Waals surface area contributed by atoms with Gasteiger partial charge in [-0.15, -0.1) is 0 Å². The third kappa shape index (κ3) is 1.87. The monoisotopic (exact) mass is 284 g/mol. The first-order valence-electron chi connectivity index (χ1n) is 6.37. The number of nitrogens with one attached hydrogen (secondary N) is 1. The summed E-state index contributed by atoms with van der Waals surface area (Å²) in [6, 6.07) is 14.1. The van der Waals surface area contributed by atoms with Crippen molar-refractivity contribution >= 4 is 27.4 Å². The Morgan fingerprint density at radius 1 is 1.10 bits per heavy atom. The summed E-state index contributed by atoms with van der Waals surface area (Å²) < 4.78 is 15.3. The molecule has 1 aliphatic rings. The van der Waals surface area contributed by atoms with Crippen molar-refractivity contribution in [3.8, 4) is 11.5 Å². The average molecular weight is 284 g/mol. The lowest BCUT2D eigenvalue weighted by Crippen LogP contribution is -2.00. The maximum atomic E-state index is 5.51. The molecule has 2 aromatic carbocycles. The van der Waals surface area contributed by atoms with Crippen LogP contribution in [0.25, 0.3) is 10.9 Å². The van der Waals surface area contributed by atoms with Crippen LogP contribution < -0.4 is 14.8 Å². The van der Waals surface area contributed by atoms with E-state index in [4.69, 9.17) is 9.47 Å². The summed E-state index contributed by atoms with van der Waals surface area (Å²) in [5, 5.41) is 5.67. The lowest BCUT2D eigenvalue weighted by Gasteiger charge is -2.07. The Kier molecular flexibility index (Phi) is 2.70. The molecule has 0 atom stereocenters. The molecule has 0 bridgehead atoms. The highest BCUT2D eigenvalue weighted by Gasteiger charge is 2.17. The fourth-order valence-electron chi connectivity index (χ4n) is 2.32. The SMILES string of the molecule is c1cc(CNc2snc3ccccc23)c2c(c1)OCO2. The minimum absolute atomic E-state index is 0.301. The van der Waals surface area contributed by atoms with Gasteiger partial charge in [0.1, 0.15) is 5.00 Å². The predicted octanol–water partition coefficient (Wildman–Crippen LogP) is 3.64. The first kappa shape index (κ1) is 11.5. The van der Waals surface area contributed by atoms with Crippen molar-refractivity contribution in [1.29, 1.82) is 0 Å². The van der Waals surface area contributed by atoms with Crippen molar-refractivity contribution in [2.75, 3.05) is 12.1 Å². The fraction of sp³-hybridized carbons (Fsp3) is 0.133. The second kappa shape index (κ2) is 4.68. The van der Waals surface area contributed by atoms with Crippen LogP contribution in [0, 0.1) is 0 Å². The van der Waals surface area contributed by atoms with Gasteiger partial charge in [-0.1, -0.05) is 24.3 Å². The molecule has 0 fully saturated rings. The van der Waals surface area contributed by atoms with Crippen molar-refractivity contribution in [3.63, 3.8) is 0 Å². The molecule has 100 valence electrons. The van der Waals surface area contributed by atoms with E-state index in [9.17, 15) is 0 Å². The van der Waals surface area contributed by atoms with Gasteiger partial charge >= 0.3 is 0 Å². The van der Waals surface area contributed by atoms with Crippen molar-refractivity contribution in [2.24, 2.45) is 0 Å². The van der Waals surface area contributed by atoms with Gasteiger partial charge in [0.15, 0.2) is 11.5 Å². The van der Waals surface area contributed by atoms with Crippen molar-refractivity contribution in [2.45, 2.75) is 6.54 Å². The van der Waals surface area contributed by atoms with Gasteiger partial charge in [0.2, 0.25) is 6.79 Å². The molecule has 1 aromatic heterocycles. The Hall–Kier alpha value is -2.27. The summed E-state index contributed by atoms with van der Waals surface area (Å²) in [5.74, 6) is 1.66. The third-order valence-electron chi connectivity index (χ3n) is 3.30. The highest BCUT2D eigenvalue weighted by atomic mass is 32.1. The molecule has 0 radical (unpaired) electrons. The van der Waals surface area contributed by atoms with E-state index < -0.39 is 0 Å². The van der Waals surface area contributed by atoms with Crippen LogP contribution in [0.1, 0.15) is 5.56 Å². The number of para-hydroxylation sites is 1. The van der Waals surface area contributed by atoms with Crippen LogP contribution in [0.2, 0.25) is 0 Å². The van der Waals surface area contributed by atoms with E-state index in [-0.39, 0.29) is 0 Å². The van der Waals surface area contributed by atoms with Crippen molar-refractivity contribution in [3.05, 3.63) is 48.0 Å². The normalized spacial score (nSPS) is 12.8. The van der Waals surface area contributed by atoms with Crippen molar-refractivity contribution in [1.82, 2.24) is 4.37 Å². The minimum Gasteiger partial charge on any atom is -0.454 e. The molecular weight excluding hydrogens is 272 g/mol. The van der Waals surface area contributed by atoms with Gasteiger partial charge in [0.25, 0.3) is 0 Å². The molecule has 0 unspecified atom stereocenters. The third-order valence-corrected chi connectivity index (χ3v) is 4.14. The Bertz CT molecular complexity index is 769. The Balaban J connectivity index is 1.61. The largest absolute Gasteiger partial charge is 0.454 e. The number of anilines is 1. The van der Waals surface area contributed by atoms with Crippen LogP contribution in [0.15, 0.2) is 42.5 Å². The molecule has 1 aliphatic heterocycles. The zero-order valence-electron chi connectivity index (χ0n) is 10.6. The first-order chi connectivity index (χ1) is 9.92. The maximum Gasteiger partial charge on any atom is 0.231 e. The zero-order chi connectivity index (χ0) is 13.4. The number of ether oxygens (including phenoxy) is 2. The minimum atomic E-state index is 0.301. The van der Waals surface area contributed by atoms with E-state index in [0.717, 1.165) is 33.0 Å². The molecule has 2 heterocycles. The van der Waals surface area contributed by atoms with Crippen LogP contribution in [0.3, 0.4) is 0 Å². The number of rotatable bonds is 3. The molecule has 0 saturated carbocycles. The summed E-state index contributed by atoms with van der Waals surface area (Å²) in [6.45, 7) is 0.995. The summed E-state index contributed by atoms with van der Waals surface area (Å²) in [6.07, 6.45) is 0. The van der Waals surface area contributed by atoms with E-state index >= 15 is 0 Å². The molecule has 4 nitrogen and oxygen atoms in total. The lowest BCUT2D eigenvalue weighted by atomic mass is 10.2. The summed E-state index contributed by atoms with van der Waals surface area (Å²) >= 11 is 1.48. The lowest BCUT2D eigenvalue weighted by molar-refractivity contribution is 0.173. The highest BCUT2D eigenvalue weighted by molar-refractivity contribution is 7.11. The quantitative estimate of drug-likeness (QED) is 0.797. The van der Waals surface area contributed by atoms with Crippen LogP contribution in [0.4, 0.5) is 5.00 Å². The number of aromatic nitrogens is 1. The Labute approximate surface area is 120 Å². The van der Waals surface area contributed by atoms with E-state index in [1.54, 1.807) is 0 Å². The van der Waals surface area contributed by atoms with Crippen LogP contribution >= 0.6 is 11.5 Å². The summed E-state index contributed by atoms with van der Waals surface area (Å²) in [7, 11) is 0. The van der Waals surface area contributed by atoms with Crippen LogP contribution in [-0.4, -0.2) is 11.2 Å². The number of hydrogen-bond donors (Lipinski definition) is 1. The second-order valence-electron chi connectivity index (χ2n) is 4.53. The zero-order valence-corrected chi connectivity index (χ0v) is 11.4. The second-order valence-corrected chi connectivity index (χ2v) is 5.31. The van der Waals surface area contributed by atoms with Crippen LogP contribution in [0.5, 0.6) is 11.5 Å². The van der Waals surface area contributed by atoms with Gasteiger partial charge < -0.3 is 14.8 Å². The maximum absolute atomic E-state index is 5.51. The molecule has 20 heavy (non-hydrogen) atoms. The molecule has 4 rings (SSSR count). The Morgan fingerprint density at radius 3 is 3.05 bits per heavy atom. The van der Waals surface area contributed by atoms with Gasteiger partial charge in [-0.2, -0.15) is 4.37 Å². The first-order valence-corrected chi connectivity index (χ1v) is 7.15.